The van der Waals surface area contributed by atoms with E-state index in [1.807, 2.05) is 24.3 Å². The van der Waals surface area contributed by atoms with Gasteiger partial charge in [-0.25, -0.2) is 4.79 Å². The molecule has 1 aromatic heterocycles. The van der Waals surface area contributed by atoms with Gasteiger partial charge in [0.2, 0.25) is 5.76 Å². The van der Waals surface area contributed by atoms with E-state index in [1.54, 1.807) is 6.07 Å². The van der Waals surface area contributed by atoms with Crippen LogP contribution < -0.4 is 5.32 Å². The summed E-state index contributed by atoms with van der Waals surface area (Å²) in [7, 11) is 0. The Kier molecular flexibility index (Phi) is 4.65. The fourth-order valence-corrected chi connectivity index (χ4v) is 2.03. The van der Waals surface area contributed by atoms with Crippen molar-refractivity contribution in [3.63, 3.8) is 0 Å². The van der Waals surface area contributed by atoms with Crippen molar-refractivity contribution in [3.8, 4) is 0 Å². The van der Waals surface area contributed by atoms with Crippen LogP contribution in [0.25, 0.3) is 0 Å². The second-order valence-corrected chi connectivity index (χ2v) is 5.90. The third-order valence-electron chi connectivity index (χ3n) is 3.07. The molecule has 0 radical (unpaired) electrons. The van der Waals surface area contributed by atoms with Crippen LogP contribution in [0.1, 0.15) is 36.9 Å². The zero-order valence-electron chi connectivity index (χ0n) is 12.9. The Hall–Kier alpha value is -2.56. The van der Waals surface area contributed by atoms with Gasteiger partial charge in [-0.3, -0.25) is 4.79 Å². The lowest BCUT2D eigenvalue weighted by atomic mass is 9.86. The number of nitrogens with one attached hydrogen (secondary N) is 1. The number of hydrogen-bond donors (Lipinski definition) is 1. The monoisotopic (exact) mass is 301 g/mol. The predicted molar refractivity (Wildman–Crippen MR) is 82.8 cm³/mol. The Labute approximate surface area is 129 Å². The first kappa shape index (κ1) is 15.8. The molecule has 0 aliphatic rings. The highest BCUT2D eigenvalue weighted by atomic mass is 16.5. The molecule has 0 aliphatic carbocycles. The molecule has 1 amide bonds. The summed E-state index contributed by atoms with van der Waals surface area (Å²) >= 11 is 0. The van der Waals surface area contributed by atoms with Crippen molar-refractivity contribution in [2.24, 2.45) is 0 Å². The van der Waals surface area contributed by atoms with Crippen LogP contribution in [0.15, 0.2) is 47.1 Å². The first-order chi connectivity index (χ1) is 10.4. The number of carbonyl (C=O) groups excluding carboxylic acids is 2. The molecule has 0 spiro atoms. The number of hydrogen-bond acceptors (Lipinski definition) is 4. The van der Waals surface area contributed by atoms with E-state index < -0.39 is 11.9 Å². The lowest BCUT2D eigenvalue weighted by Gasteiger charge is -2.22. The number of furan rings is 1. The van der Waals surface area contributed by atoms with Gasteiger partial charge < -0.3 is 14.5 Å². The summed E-state index contributed by atoms with van der Waals surface area (Å²) in [6.07, 6.45) is 1.37. The van der Waals surface area contributed by atoms with E-state index in [1.165, 1.54) is 12.3 Å². The van der Waals surface area contributed by atoms with Crippen molar-refractivity contribution in [3.05, 3.63) is 54.0 Å². The molecule has 2 rings (SSSR count). The van der Waals surface area contributed by atoms with Gasteiger partial charge >= 0.3 is 5.97 Å². The SMILES string of the molecule is CC(C)(C)c1ccccc1NC(=O)COC(=O)c1ccco1. The molecule has 0 aliphatic heterocycles. The summed E-state index contributed by atoms with van der Waals surface area (Å²) in [5.74, 6) is -0.983. The van der Waals surface area contributed by atoms with Gasteiger partial charge in [-0.15, -0.1) is 0 Å². The molecule has 0 bridgehead atoms. The van der Waals surface area contributed by atoms with Crippen LogP contribution in [-0.4, -0.2) is 18.5 Å². The van der Waals surface area contributed by atoms with Crippen LogP contribution in [0.3, 0.4) is 0 Å². The highest BCUT2D eigenvalue weighted by molar-refractivity contribution is 5.95. The molecule has 0 atom stereocenters. The minimum Gasteiger partial charge on any atom is -0.457 e. The average molecular weight is 301 g/mol. The Morgan fingerprint density at radius 2 is 1.86 bits per heavy atom. The first-order valence-electron chi connectivity index (χ1n) is 6.98. The molecule has 1 heterocycles. The van der Waals surface area contributed by atoms with Crippen LogP contribution in [0.2, 0.25) is 0 Å². The van der Waals surface area contributed by atoms with Gasteiger partial charge in [-0.05, 0) is 29.2 Å². The molecule has 5 heteroatoms. The lowest BCUT2D eigenvalue weighted by molar-refractivity contribution is -0.119. The summed E-state index contributed by atoms with van der Waals surface area (Å²) in [6.45, 7) is 5.83. The van der Waals surface area contributed by atoms with E-state index in [2.05, 4.69) is 26.1 Å². The number of rotatable bonds is 4. The van der Waals surface area contributed by atoms with Crippen LogP contribution >= 0.6 is 0 Å². The fourth-order valence-electron chi connectivity index (χ4n) is 2.03. The predicted octanol–water partition coefficient (Wildman–Crippen LogP) is 3.37. The molecule has 2 aromatic rings. The van der Waals surface area contributed by atoms with Crippen molar-refractivity contribution >= 4 is 17.6 Å². The minimum atomic E-state index is -0.663. The highest BCUT2D eigenvalue weighted by Crippen LogP contribution is 2.29. The molecule has 116 valence electrons. The highest BCUT2D eigenvalue weighted by Gasteiger charge is 2.19. The average Bonchev–Trinajstić information content (AvgIpc) is 2.98. The Balaban J connectivity index is 1.97. The van der Waals surface area contributed by atoms with Crippen LogP contribution in [0.4, 0.5) is 5.69 Å². The quantitative estimate of drug-likeness (QED) is 0.879. The molecule has 22 heavy (non-hydrogen) atoms. The Morgan fingerprint density at radius 3 is 2.50 bits per heavy atom. The number of benzene rings is 1. The van der Waals surface area contributed by atoms with E-state index in [-0.39, 0.29) is 17.8 Å². The summed E-state index contributed by atoms with van der Waals surface area (Å²) in [4.78, 5) is 23.5. The molecule has 1 N–H and O–H groups in total. The summed E-state index contributed by atoms with van der Waals surface area (Å²) in [5, 5.41) is 2.77. The second-order valence-electron chi connectivity index (χ2n) is 5.90. The molecule has 0 unspecified atom stereocenters. The first-order valence-corrected chi connectivity index (χ1v) is 6.98. The van der Waals surface area contributed by atoms with Gasteiger partial charge in [0, 0.05) is 5.69 Å². The fraction of sp³-hybridized carbons (Fsp3) is 0.294. The summed E-state index contributed by atoms with van der Waals surface area (Å²) < 4.78 is 9.80. The molecule has 1 aromatic carbocycles. The van der Waals surface area contributed by atoms with Gasteiger partial charge in [0.1, 0.15) is 0 Å². The van der Waals surface area contributed by atoms with Crippen LogP contribution in [-0.2, 0) is 14.9 Å². The maximum atomic E-state index is 11.9. The molecular formula is C17H19NO4. The van der Waals surface area contributed by atoms with Crippen molar-refractivity contribution < 1.29 is 18.7 Å². The van der Waals surface area contributed by atoms with Gasteiger partial charge in [0.15, 0.2) is 6.61 Å². The number of amides is 1. The number of anilines is 1. The van der Waals surface area contributed by atoms with E-state index in [0.29, 0.717) is 5.69 Å². The number of para-hydroxylation sites is 1. The molecule has 5 nitrogen and oxygen atoms in total. The zero-order valence-corrected chi connectivity index (χ0v) is 12.9. The van der Waals surface area contributed by atoms with Crippen molar-refractivity contribution in [2.75, 3.05) is 11.9 Å². The van der Waals surface area contributed by atoms with E-state index >= 15 is 0 Å². The molecule has 0 saturated carbocycles. The number of carbonyl (C=O) groups is 2. The van der Waals surface area contributed by atoms with E-state index in [4.69, 9.17) is 9.15 Å². The lowest BCUT2D eigenvalue weighted by Crippen LogP contribution is -2.23. The van der Waals surface area contributed by atoms with Crippen LogP contribution in [0, 0.1) is 0 Å². The molecule has 0 fully saturated rings. The molecule has 0 saturated heterocycles. The van der Waals surface area contributed by atoms with Gasteiger partial charge in [-0.2, -0.15) is 0 Å². The van der Waals surface area contributed by atoms with Crippen molar-refractivity contribution in [1.29, 1.82) is 0 Å². The normalized spacial score (nSPS) is 11.0. The topological polar surface area (TPSA) is 68.5 Å². The van der Waals surface area contributed by atoms with Crippen molar-refractivity contribution in [1.82, 2.24) is 0 Å². The van der Waals surface area contributed by atoms with Gasteiger partial charge in [0.25, 0.3) is 5.91 Å². The minimum absolute atomic E-state index is 0.0721. The Morgan fingerprint density at radius 1 is 1.14 bits per heavy atom. The van der Waals surface area contributed by atoms with Gasteiger partial charge in [-0.1, -0.05) is 39.0 Å². The standard InChI is InChI=1S/C17H19NO4/c1-17(2,3)12-7-4-5-8-13(12)18-15(19)11-22-16(20)14-9-6-10-21-14/h4-10H,11H2,1-3H3,(H,18,19). The largest absolute Gasteiger partial charge is 0.457 e. The summed E-state index contributed by atoms with van der Waals surface area (Å²) in [6, 6.07) is 10.6. The van der Waals surface area contributed by atoms with Crippen molar-refractivity contribution in [2.45, 2.75) is 26.2 Å². The number of ether oxygens (including phenoxy) is 1. The molecular weight excluding hydrogens is 282 g/mol. The maximum Gasteiger partial charge on any atom is 0.374 e. The second kappa shape index (κ2) is 6.47. The van der Waals surface area contributed by atoms with Gasteiger partial charge in [0.05, 0.1) is 6.26 Å². The summed E-state index contributed by atoms with van der Waals surface area (Å²) in [5.41, 5.74) is 1.63. The number of esters is 1. The Bertz CT molecular complexity index is 654. The van der Waals surface area contributed by atoms with E-state index in [9.17, 15) is 9.59 Å². The zero-order chi connectivity index (χ0) is 16.2. The maximum absolute atomic E-state index is 11.9. The third-order valence-corrected chi connectivity index (χ3v) is 3.07. The third kappa shape index (κ3) is 3.97. The smallest absolute Gasteiger partial charge is 0.374 e. The van der Waals surface area contributed by atoms with Crippen LogP contribution in [0.5, 0.6) is 0 Å². The van der Waals surface area contributed by atoms with E-state index in [0.717, 1.165) is 5.56 Å².